The van der Waals surface area contributed by atoms with E-state index in [2.05, 4.69) is 19.9 Å². The third kappa shape index (κ3) is 3.37. The number of benzene rings is 2. The summed E-state index contributed by atoms with van der Waals surface area (Å²) in [5, 5.41) is 0.479. The summed E-state index contributed by atoms with van der Waals surface area (Å²) >= 11 is 1.31. The molecule has 1 aromatic heterocycles. The fourth-order valence-corrected chi connectivity index (χ4v) is 4.18. The van der Waals surface area contributed by atoms with Crippen molar-refractivity contribution in [1.29, 1.82) is 0 Å². The van der Waals surface area contributed by atoms with Crippen molar-refractivity contribution < 1.29 is 13.9 Å². The van der Waals surface area contributed by atoms with Gasteiger partial charge in [0.2, 0.25) is 0 Å². The van der Waals surface area contributed by atoms with Gasteiger partial charge in [-0.3, -0.25) is 4.79 Å². The van der Waals surface area contributed by atoms with Crippen molar-refractivity contribution in [1.82, 2.24) is 0 Å². The highest BCUT2D eigenvalue weighted by Gasteiger charge is 2.24. The van der Waals surface area contributed by atoms with Crippen molar-refractivity contribution in [3.8, 4) is 0 Å². The number of carbonyl (C=O) groups excluding carboxylic acids is 1. The number of halogens is 1. The Morgan fingerprint density at radius 2 is 1.96 bits per heavy atom. The number of hydrogen-bond donors (Lipinski definition) is 0. The summed E-state index contributed by atoms with van der Waals surface area (Å²) < 4.78 is 20.3. The average Bonchev–Trinajstić information content (AvgIpc) is 3.01. The van der Waals surface area contributed by atoms with Gasteiger partial charge in [0.05, 0.1) is 11.5 Å². The van der Waals surface area contributed by atoms with Crippen LogP contribution >= 0.6 is 11.3 Å². The highest BCUT2D eigenvalue weighted by molar-refractivity contribution is 7.21. The summed E-state index contributed by atoms with van der Waals surface area (Å²) in [5.74, 6) is -0.103. The molecule has 0 N–H and O–H groups in total. The third-order valence-electron chi connectivity index (χ3n) is 4.47. The molecule has 3 aromatic rings. The minimum Gasteiger partial charge on any atom is -0.380 e. The normalized spacial score (nSPS) is 11.3. The maximum atomic E-state index is 14.3. The van der Waals surface area contributed by atoms with Crippen molar-refractivity contribution in [2.75, 3.05) is 19.1 Å². The highest BCUT2D eigenvalue weighted by atomic mass is 32.1. The number of nitrogens with zero attached hydrogens (tertiary/aromatic N) is 1. The summed E-state index contributed by atoms with van der Waals surface area (Å²) in [4.78, 5) is 15.3. The zero-order chi connectivity index (χ0) is 18.8. The number of anilines is 1. The van der Waals surface area contributed by atoms with E-state index in [1.807, 2.05) is 24.3 Å². The van der Waals surface area contributed by atoms with Gasteiger partial charge in [-0.1, -0.05) is 32.0 Å². The lowest BCUT2D eigenvalue weighted by molar-refractivity contribution is 0.0992. The molecule has 0 fully saturated rings. The molecule has 0 bridgehead atoms. The van der Waals surface area contributed by atoms with E-state index in [0.717, 1.165) is 10.4 Å². The second-order valence-corrected chi connectivity index (χ2v) is 7.62. The molecule has 0 aliphatic carbocycles. The average molecular weight is 371 g/mol. The minimum atomic E-state index is -0.325. The molecule has 1 amide bonds. The number of ether oxygens (including phenoxy) is 1. The smallest absolute Gasteiger partial charge is 0.268 e. The molecule has 26 heavy (non-hydrogen) atoms. The molecule has 0 radical (unpaired) electrons. The first-order valence-electron chi connectivity index (χ1n) is 8.51. The van der Waals surface area contributed by atoms with Gasteiger partial charge >= 0.3 is 0 Å². The summed E-state index contributed by atoms with van der Waals surface area (Å²) in [6.45, 7) is 4.43. The number of methoxy groups -OCH3 is 1. The number of thiophene rings is 1. The Morgan fingerprint density at radius 1 is 1.23 bits per heavy atom. The van der Waals surface area contributed by atoms with Gasteiger partial charge in [0, 0.05) is 35.5 Å². The Morgan fingerprint density at radius 3 is 2.65 bits per heavy atom. The van der Waals surface area contributed by atoms with Crippen molar-refractivity contribution in [2.24, 2.45) is 0 Å². The van der Waals surface area contributed by atoms with Crippen molar-refractivity contribution >= 4 is 33.0 Å². The van der Waals surface area contributed by atoms with E-state index in [-0.39, 0.29) is 18.3 Å². The number of carbonyl (C=O) groups is 1. The molecule has 0 aliphatic rings. The lowest BCUT2D eigenvalue weighted by atomic mass is 10.0. The van der Waals surface area contributed by atoms with Gasteiger partial charge in [0.15, 0.2) is 0 Å². The van der Waals surface area contributed by atoms with Gasteiger partial charge in [-0.05, 0) is 35.7 Å². The second kappa shape index (κ2) is 7.56. The number of fused-ring (bicyclic) bond motifs is 1. The summed E-state index contributed by atoms with van der Waals surface area (Å²) in [6, 6.07) is 12.8. The van der Waals surface area contributed by atoms with E-state index in [0.29, 0.717) is 21.7 Å². The van der Waals surface area contributed by atoms with E-state index in [1.54, 1.807) is 25.1 Å². The molecule has 0 aliphatic heterocycles. The van der Waals surface area contributed by atoms with E-state index >= 15 is 0 Å². The quantitative estimate of drug-likeness (QED) is 0.585. The molecular weight excluding hydrogens is 349 g/mol. The van der Waals surface area contributed by atoms with Crippen molar-refractivity contribution in [3.63, 3.8) is 0 Å². The van der Waals surface area contributed by atoms with E-state index in [9.17, 15) is 9.18 Å². The summed E-state index contributed by atoms with van der Waals surface area (Å²) in [7, 11) is 3.30. The van der Waals surface area contributed by atoms with Crippen LogP contribution in [0.4, 0.5) is 10.1 Å². The molecule has 5 heteroatoms. The molecule has 2 aromatic carbocycles. The predicted molar refractivity (Wildman–Crippen MR) is 106 cm³/mol. The molecule has 0 saturated heterocycles. The summed E-state index contributed by atoms with van der Waals surface area (Å²) in [5.41, 5.74) is 2.60. The number of amides is 1. The van der Waals surface area contributed by atoms with Crippen LogP contribution in [0, 0.1) is 5.82 Å². The topological polar surface area (TPSA) is 29.5 Å². The van der Waals surface area contributed by atoms with Gasteiger partial charge in [0.1, 0.15) is 5.82 Å². The molecule has 0 unspecified atom stereocenters. The van der Waals surface area contributed by atoms with Crippen LogP contribution < -0.4 is 4.90 Å². The van der Waals surface area contributed by atoms with Crippen LogP contribution in [0.3, 0.4) is 0 Å². The SMILES string of the molecule is COCc1c(C(=O)N(C)c2cccc(C(C)C)c2)sc2cccc(F)c12. The van der Waals surface area contributed by atoms with Crippen molar-refractivity contribution in [3.05, 3.63) is 64.3 Å². The van der Waals surface area contributed by atoms with Gasteiger partial charge in [-0.25, -0.2) is 4.39 Å². The molecule has 0 saturated carbocycles. The Kier molecular flexibility index (Phi) is 5.39. The van der Waals surface area contributed by atoms with Crippen LogP contribution in [0.15, 0.2) is 42.5 Å². The minimum absolute atomic E-state index is 0.154. The monoisotopic (exact) mass is 371 g/mol. The second-order valence-electron chi connectivity index (χ2n) is 6.57. The fourth-order valence-electron chi connectivity index (χ4n) is 2.98. The zero-order valence-corrected chi connectivity index (χ0v) is 16.2. The molecule has 3 nitrogen and oxygen atoms in total. The van der Waals surface area contributed by atoms with Crippen LogP contribution in [0.25, 0.3) is 10.1 Å². The first kappa shape index (κ1) is 18.5. The standard InChI is InChI=1S/C21H22FNO2S/c1-13(2)14-7-5-8-15(11-14)23(3)21(24)20-16(12-25-4)19-17(22)9-6-10-18(19)26-20/h5-11,13H,12H2,1-4H3. The van der Waals surface area contributed by atoms with Gasteiger partial charge < -0.3 is 9.64 Å². The molecule has 0 spiro atoms. The van der Waals surface area contributed by atoms with Crippen LogP contribution in [-0.2, 0) is 11.3 Å². The Hall–Kier alpha value is -2.24. The number of rotatable bonds is 5. The lowest BCUT2D eigenvalue weighted by Crippen LogP contribution is -2.26. The number of hydrogen-bond acceptors (Lipinski definition) is 3. The van der Waals surface area contributed by atoms with Gasteiger partial charge in [-0.2, -0.15) is 0 Å². The Labute approximate surface area is 157 Å². The fraction of sp³-hybridized carbons (Fsp3) is 0.286. The first-order chi connectivity index (χ1) is 12.4. The Bertz CT molecular complexity index is 948. The third-order valence-corrected chi connectivity index (χ3v) is 5.66. The predicted octanol–water partition coefficient (Wildman–Crippen LogP) is 5.59. The Balaban J connectivity index is 2.05. The molecule has 136 valence electrons. The zero-order valence-electron chi connectivity index (χ0n) is 15.4. The molecule has 3 rings (SSSR count). The van der Waals surface area contributed by atoms with Gasteiger partial charge in [-0.15, -0.1) is 11.3 Å². The van der Waals surface area contributed by atoms with Crippen LogP contribution in [0.5, 0.6) is 0 Å². The summed E-state index contributed by atoms with van der Waals surface area (Å²) in [6.07, 6.45) is 0. The first-order valence-corrected chi connectivity index (χ1v) is 9.32. The molecule has 1 heterocycles. The van der Waals surface area contributed by atoms with Crippen LogP contribution in [0.1, 0.15) is 40.6 Å². The van der Waals surface area contributed by atoms with E-state index in [4.69, 9.17) is 4.74 Å². The lowest BCUT2D eigenvalue weighted by Gasteiger charge is -2.19. The molecule has 0 atom stereocenters. The highest BCUT2D eigenvalue weighted by Crippen LogP contribution is 2.35. The largest absolute Gasteiger partial charge is 0.380 e. The van der Waals surface area contributed by atoms with Gasteiger partial charge in [0.25, 0.3) is 5.91 Å². The maximum absolute atomic E-state index is 14.3. The van der Waals surface area contributed by atoms with E-state index in [1.165, 1.54) is 23.0 Å². The van der Waals surface area contributed by atoms with Crippen LogP contribution in [-0.4, -0.2) is 20.1 Å². The van der Waals surface area contributed by atoms with E-state index < -0.39 is 0 Å². The van der Waals surface area contributed by atoms with Crippen molar-refractivity contribution in [2.45, 2.75) is 26.4 Å². The molecular formula is C21H22FNO2S. The van der Waals surface area contributed by atoms with Crippen LogP contribution in [0.2, 0.25) is 0 Å². The maximum Gasteiger partial charge on any atom is 0.268 e.